The molecule has 6 atom stereocenters. The van der Waals surface area contributed by atoms with Crippen LogP contribution >= 0.6 is 0 Å². The third-order valence-electron chi connectivity index (χ3n) is 6.55. The molecule has 5 N–H and O–H groups in total. The van der Waals surface area contributed by atoms with E-state index in [4.69, 9.17) is 5.73 Å². The van der Waals surface area contributed by atoms with E-state index < -0.39 is 29.8 Å². The van der Waals surface area contributed by atoms with E-state index in [2.05, 4.69) is 10.6 Å². The molecule has 136 valence electrons. The van der Waals surface area contributed by atoms with Crippen LogP contribution in [0.15, 0.2) is 30.3 Å². The van der Waals surface area contributed by atoms with Crippen LogP contribution in [0.1, 0.15) is 31.2 Å². The number of benzene rings is 1. The van der Waals surface area contributed by atoms with E-state index in [1.807, 2.05) is 6.07 Å². The molecule has 2 aliphatic carbocycles. The van der Waals surface area contributed by atoms with Crippen LogP contribution in [0.3, 0.4) is 0 Å². The van der Waals surface area contributed by atoms with Gasteiger partial charge in [0.25, 0.3) is 5.91 Å². The summed E-state index contributed by atoms with van der Waals surface area (Å²) in [5.41, 5.74) is 4.97. The van der Waals surface area contributed by atoms with Gasteiger partial charge in [-0.1, -0.05) is 30.3 Å². The van der Waals surface area contributed by atoms with Gasteiger partial charge in [-0.2, -0.15) is 0 Å². The molecular formula is C19H26FN3O2. The highest BCUT2D eigenvalue weighted by Gasteiger charge is 2.62. The highest BCUT2D eigenvalue weighted by molar-refractivity contribution is 5.87. The Hall–Kier alpha value is -1.50. The van der Waals surface area contributed by atoms with Crippen molar-refractivity contribution in [1.29, 1.82) is 0 Å². The number of fused-ring (bicyclic) bond motifs is 1. The summed E-state index contributed by atoms with van der Waals surface area (Å²) in [6, 6.07) is 8.86. The van der Waals surface area contributed by atoms with E-state index in [1.54, 1.807) is 24.3 Å². The number of hydrogen-bond acceptors (Lipinski definition) is 4. The van der Waals surface area contributed by atoms with Crippen LogP contribution < -0.4 is 16.4 Å². The molecule has 1 heterocycles. The van der Waals surface area contributed by atoms with Crippen LogP contribution in [0.5, 0.6) is 0 Å². The molecule has 1 aliphatic heterocycles. The maximum absolute atomic E-state index is 13.8. The van der Waals surface area contributed by atoms with Crippen molar-refractivity contribution < 1.29 is 14.3 Å². The molecule has 3 aliphatic rings. The Balaban J connectivity index is 1.58. The summed E-state index contributed by atoms with van der Waals surface area (Å²) in [5, 5.41) is 17.6. The molecule has 0 spiro atoms. The van der Waals surface area contributed by atoms with E-state index >= 15 is 0 Å². The van der Waals surface area contributed by atoms with Crippen molar-refractivity contribution >= 4 is 5.91 Å². The fraction of sp³-hybridized carbons (Fsp3) is 0.632. The fourth-order valence-electron chi connectivity index (χ4n) is 4.81. The molecule has 1 aromatic rings. The second-order valence-corrected chi connectivity index (χ2v) is 7.96. The quantitative estimate of drug-likeness (QED) is 0.599. The number of aliphatic hydroxyl groups is 1. The van der Waals surface area contributed by atoms with Crippen LogP contribution in [0.25, 0.3) is 0 Å². The predicted molar refractivity (Wildman–Crippen MR) is 92.1 cm³/mol. The highest BCUT2D eigenvalue weighted by Crippen LogP contribution is 2.56. The minimum absolute atomic E-state index is 0.0917. The average Bonchev–Trinajstić information content (AvgIpc) is 2.94. The zero-order valence-corrected chi connectivity index (χ0v) is 14.2. The molecule has 0 bridgehead atoms. The lowest BCUT2D eigenvalue weighted by atomic mass is 9.79. The summed E-state index contributed by atoms with van der Waals surface area (Å²) in [7, 11) is 0. The standard InChI is InChI=1S/C19H26FN3O2/c20-15-7-6-13(8-15)19(25,12-4-2-1-3-5-12)17(24)23-16(21)18-9-14(18)10-22-11-18/h1-5,13-16,22,25H,6-11,21H2,(H,23,24)/t13?,14?,15?,16?,18?,19-/m1/s1. The lowest BCUT2D eigenvalue weighted by Gasteiger charge is -2.35. The van der Waals surface area contributed by atoms with Gasteiger partial charge in [0.05, 0.1) is 6.17 Å². The smallest absolute Gasteiger partial charge is 0.258 e. The largest absolute Gasteiger partial charge is 0.375 e. The van der Waals surface area contributed by atoms with Gasteiger partial charge in [-0.05, 0) is 43.7 Å². The second kappa shape index (κ2) is 6.04. The van der Waals surface area contributed by atoms with Gasteiger partial charge in [-0.3, -0.25) is 4.79 Å². The maximum atomic E-state index is 13.8. The Bertz CT molecular complexity index is 657. The van der Waals surface area contributed by atoms with Gasteiger partial charge in [0.2, 0.25) is 0 Å². The average molecular weight is 347 g/mol. The normalized spacial score (nSPS) is 37.2. The van der Waals surface area contributed by atoms with Crippen molar-refractivity contribution in [3.05, 3.63) is 35.9 Å². The number of carbonyl (C=O) groups excluding carboxylic acids is 1. The predicted octanol–water partition coefficient (Wildman–Crippen LogP) is 1.02. The first-order chi connectivity index (χ1) is 12.0. The highest BCUT2D eigenvalue weighted by atomic mass is 19.1. The number of piperidine rings is 1. The number of rotatable bonds is 5. The summed E-state index contributed by atoms with van der Waals surface area (Å²) in [4.78, 5) is 13.1. The molecule has 25 heavy (non-hydrogen) atoms. The first-order valence-corrected chi connectivity index (χ1v) is 9.16. The van der Waals surface area contributed by atoms with Gasteiger partial charge in [-0.25, -0.2) is 4.39 Å². The molecule has 4 rings (SSSR count). The van der Waals surface area contributed by atoms with E-state index in [0.717, 1.165) is 19.5 Å². The van der Waals surface area contributed by atoms with Gasteiger partial charge in [0.1, 0.15) is 6.17 Å². The Morgan fingerprint density at radius 1 is 1.40 bits per heavy atom. The maximum Gasteiger partial charge on any atom is 0.258 e. The molecule has 1 aromatic carbocycles. The number of alkyl halides is 1. The first-order valence-electron chi connectivity index (χ1n) is 9.16. The zero-order chi connectivity index (χ0) is 17.7. The minimum atomic E-state index is -1.74. The van der Waals surface area contributed by atoms with Crippen molar-refractivity contribution in [2.45, 2.75) is 43.6 Å². The number of carbonyl (C=O) groups is 1. The van der Waals surface area contributed by atoms with Crippen LogP contribution in [-0.4, -0.2) is 36.4 Å². The molecule has 0 aromatic heterocycles. The number of hydrogen-bond donors (Lipinski definition) is 4. The summed E-state index contributed by atoms with van der Waals surface area (Å²) >= 11 is 0. The first kappa shape index (κ1) is 16.9. The third-order valence-corrected chi connectivity index (χ3v) is 6.55. The molecule has 5 nitrogen and oxygen atoms in total. The van der Waals surface area contributed by atoms with Crippen molar-refractivity contribution in [3.8, 4) is 0 Å². The van der Waals surface area contributed by atoms with E-state index in [0.29, 0.717) is 24.3 Å². The number of nitrogens with two attached hydrogens (primary N) is 1. The van der Waals surface area contributed by atoms with E-state index in [9.17, 15) is 14.3 Å². The number of amides is 1. The van der Waals surface area contributed by atoms with Gasteiger partial charge in [0, 0.05) is 17.9 Å². The topological polar surface area (TPSA) is 87.4 Å². The minimum Gasteiger partial charge on any atom is -0.375 e. The van der Waals surface area contributed by atoms with E-state index in [1.165, 1.54) is 0 Å². The number of halogens is 1. The fourth-order valence-corrected chi connectivity index (χ4v) is 4.81. The summed E-state index contributed by atoms with van der Waals surface area (Å²) in [6.45, 7) is 1.72. The summed E-state index contributed by atoms with van der Waals surface area (Å²) < 4.78 is 13.8. The van der Waals surface area contributed by atoms with Gasteiger partial charge < -0.3 is 21.5 Å². The molecule has 3 fully saturated rings. The molecule has 2 saturated carbocycles. The van der Waals surface area contributed by atoms with Crippen LogP contribution in [0.4, 0.5) is 4.39 Å². The molecule has 1 saturated heterocycles. The lowest BCUT2D eigenvalue weighted by Crippen LogP contribution is -2.57. The van der Waals surface area contributed by atoms with E-state index in [-0.39, 0.29) is 11.8 Å². The van der Waals surface area contributed by atoms with Crippen molar-refractivity contribution in [1.82, 2.24) is 10.6 Å². The van der Waals surface area contributed by atoms with Gasteiger partial charge in [-0.15, -0.1) is 0 Å². The van der Waals surface area contributed by atoms with Gasteiger partial charge >= 0.3 is 0 Å². The zero-order valence-electron chi connectivity index (χ0n) is 14.2. The summed E-state index contributed by atoms with van der Waals surface area (Å²) in [6.07, 6.45) is 0.606. The lowest BCUT2D eigenvalue weighted by molar-refractivity contribution is -0.149. The van der Waals surface area contributed by atoms with Crippen molar-refractivity contribution in [2.75, 3.05) is 13.1 Å². The van der Waals surface area contributed by atoms with Crippen LogP contribution in [0.2, 0.25) is 0 Å². The van der Waals surface area contributed by atoms with Crippen LogP contribution in [0, 0.1) is 17.3 Å². The number of nitrogens with one attached hydrogen (secondary N) is 2. The van der Waals surface area contributed by atoms with Crippen molar-refractivity contribution in [2.24, 2.45) is 23.0 Å². The Morgan fingerprint density at radius 2 is 2.16 bits per heavy atom. The Morgan fingerprint density at radius 3 is 2.72 bits per heavy atom. The molecular weight excluding hydrogens is 321 g/mol. The van der Waals surface area contributed by atoms with Gasteiger partial charge in [0.15, 0.2) is 5.60 Å². The molecule has 1 amide bonds. The monoisotopic (exact) mass is 347 g/mol. The molecule has 0 radical (unpaired) electrons. The summed E-state index contributed by atoms with van der Waals surface area (Å²) in [5.74, 6) is -0.446. The Labute approximate surface area is 147 Å². The SMILES string of the molecule is NC(NC(=O)[C@@](O)(c1ccccc1)C1CCC(F)C1)C12CNCC1C2. The Kier molecular flexibility index (Phi) is 4.09. The van der Waals surface area contributed by atoms with Crippen LogP contribution in [-0.2, 0) is 10.4 Å². The molecule has 6 heteroatoms. The third kappa shape index (κ3) is 2.67. The molecule has 5 unspecified atom stereocenters. The van der Waals surface area contributed by atoms with Crippen molar-refractivity contribution in [3.63, 3.8) is 0 Å². The second-order valence-electron chi connectivity index (χ2n) is 7.96.